The summed E-state index contributed by atoms with van der Waals surface area (Å²) in [6.45, 7) is 4.56. The fraction of sp³-hybridized carbons (Fsp3) is 0.692. The zero-order valence-electron chi connectivity index (χ0n) is 10.6. The molecule has 1 aliphatic rings. The fourth-order valence-electron chi connectivity index (χ4n) is 2.81. The molecule has 1 aromatic heterocycles. The quantitative estimate of drug-likeness (QED) is 0.845. The smallest absolute Gasteiger partial charge is 0.266 e. The first-order valence-electron chi connectivity index (χ1n) is 6.48. The van der Waals surface area contributed by atoms with Gasteiger partial charge in [-0.2, -0.15) is 5.10 Å². The maximum Gasteiger partial charge on any atom is 0.266 e. The van der Waals surface area contributed by atoms with Crippen LogP contribution in [0.15, 0.2) is 17.1 Å². The maximum atomic E-state index is 11.2. The van der Waals surface area contributed by atoms with Crippen LogP contribution in [0.4, 0.5) is 5.69 Å². The SMILES string of the molecule is CC(C)C1CCCCC1Nc1cn[nH]c(=O)c1. The van der Waals surface area contributed by atoms with E-state index in [-0.39, 0.29) is 5.56 Å². The monoisotopic (exact) mass is 235 g/mol. The summed E-state index contributed by atoms with van der Waals surface area (Å²) >= 11 is 0. The molecule has 0 saturated heterocycles. The Kier molecular flexibility index (Phi) is 3.82. The van der Waals surface area contributed by atoms with Gasteiger partial charge in [-0.3, -0.25) is 4.79 Å². The molecule has 1 heterocycles. The van der Waals surface area contributed by atoms with Gasteiger partial charge in [0.25, 0.3) is 5.56 Å². The Hall–Kier alpha value is -1.32. The fourth-order valence-corrected chi connectivity index (χ4v) is 2.81. The van der Waals surface area contributed by atoms with Crippen molar-refractivity contribution < 1.29 is 0 Å². The lowest BCUT2D eigenvalue weighted by molar-refractivity contribution is 0.254. The minimum Gasteiger partial charge on any atom is -0.381 e. The normalized spacial score (nSPS) is 24.9. The molecule has 4 heteroatoms. The van der Waals surface area contributed by atoms with E-state index in [0.29, 0.717) is 17.9 Å². The van der Waals surface area contributed by atoms with E-state index in [1.165, 1.54) is 25.7 Å². The van der Waals surface area contributed by atoms with Crippen LogP contribution in [0.2, 0.25) is 0 Å². The molecule has 2 N–H and O–H groups in total. The molecule has 1 aliphatic carbocycles. The summed E-state index contributed by atoms with van der Waals surface area (Å²) in [6, 6.07) is 2.06. The summed E-state index contributed by atoms with van der Waals surface area (Å²) in [4.78, 5) is 11.2. The molecule has 94 valence electrons. The zero-order valence-corrected chi connectivity index (χ0v) is 10.6. The van der Waals surface area contributed by atoms with Gasteiger partial charge in [-0.15, -0.1) is 0 Å². The molecule has 0 bridgehead atoms. The van der Waals surface area contributed by atoms with Crippen molar-refractivity contribution in [2.24, 2.45) is 11.8 Å². The standard InChI is InChI=1S/C13H21N3O/c1-9(2)11-5-3-4-6-12(11)15-10-7-13(17)16-14-8-10/h7-9,11-12H,3-6H2,1-2H3,(H2,15,16,17). The van der Waals surface area contributed by atoms with Crippen LogP contribution in [0.3, 0.4) is 0 Å². The molecular formula is C13H21N3O. The Balaban J connectivity index is 2.08. The summed E-state index contributed by atoms with van der Waals surface area (Å²) in [5.74, 6) is 1.38. The number of H-pyrrole nitrogens is 1. The van der Waals surface area contributed by atoms with Crippen molar-refractivity contribution >= 4 is 5.69 Å². The van der Waals surface area contributed by atoms with Gasteiger partial charge in [-0.1, -0.05) is 26.7 Å². The third kappa shape index (κ3) is 3.08. The van der Waals surface area contributed by atoms with Gasteiger partial charge in [-0.25, -0.2) is 5.10 Å². The van der Waals surface area contributed by atoms with Crippen molar-refractivity contribution in [1.82, 2.24) is 10.2 Å². The minimum atomic E-state index is -0.146. The Morgan fingerprint density at radius 1 is 1.41 bits per heavy atom. The average molecular weight is 235 g/mol. The van der Waals surface area contributed by atoms with E-state index in [1.54, 1.807) is 12.3 Å². The molecule has 2 atom stereocenters. The maximum absolute atomic E-state index is 11.2. The third-order valence-electron chi connectivity index (χ3n) is 3.69. The van der Waals surface area contributed by atoms with E-state index in [4.69, 9.17) is 0 Å². The molecule has 0 radical (unpaired) electrons. The van der Waals surface area contributed by atoms with Crippen LogP contribution in [0.5, 0.6) is 0 Å². The Morgan fingerprint density at radius 3 is 2.88 bits per heavy atom. The molecule has 2 unspecified atom stereocenters. The molecule has 2 rings (SSSR count). The van der Waals surface area contributed by atoms with Gasteiger partial charge < -0.3 is 5.32 Å². The van der Waals surface area contributed by atoms with Gasteiger partial charge in [0, 0.05) is 12.1 Å². The zero-order chi connectivity index (χ0) is 12.3. The lowest BCUT2D eigenvalue weighted by atomic mass is 9.78. The number of hydrogen-bond acceptors (Lipinski definition) is 3. The molecule has 1 fully saturated rings. The second-order valence-electron chi connectivity index (χ2n) is 5.28. The predicted molar refractivity (Wildman–Crippen MR) is 69.1 cm³/mol. The van der Waals surface area contributed by atoms with Gasteiger partial charge in [-0.05, 0) is 24.7 Å². The van der Waals surface area contributed by atoms with Crippen molar-refractivity contribution in [1.29, 1.82) is 0 Å². The number of nitrogens with zero attached hydrogens (tertiary/aromatic N) is 1. The molecular weight excluding hydrogens is 214 g/mol. The largest absolute Gasteiger partial charge is 0.381 e. The van der Waals surface area contributed by atoms with Crippen molar-refractivity contribution in [2.45, 2.75) is 45.6 Å². The van der Waals surface area contributed by atoms with Crippen molar-refractivity contribution in [3.05, 3.63) is 22.6 Å². The first kappa shape index (κ1) is 12.1. The summed E-state index contributed by atoms with van der Waals surface area (Å²) in [5, 5.41) is 9.69. The van der Waals surface area contributed by atoms with E-state index in [1.807, 2.05) is 0 Å². The first-order chi connectivity index (χ1) is 8.16. The Morgan fingerprint density at radius 2 is 2.18 bits per heavy atom. The van der Waals surface area contributed by atoms with Crippen LogP contribution < -0.4 is 10.9 Å². The van der Waals surface area contributed by atoms with Crippen LogP contribution in [0.25, 0.3) is 0 Å². The second kappa shape index (κ2) is 5.34. The topological polar surface area (TPSA) is 57.8 Å². The van der Waals surface area contributed by atoms with E-state index in [2.05, 4.69) is 29.4 Å². The number of aromatic amines is 1. The van der Waals surface area contributed by atoms with E-state index < -0.39 is 0 Å². The lowest BCUT2D eigenvalue weighted by Gasteiger charge is -2.35. The molecule has 1 saturated carbocycles. The van der Waals surface area contributed by atoms with Crippen LogP contribution in [-0.4, -0.2) is 16.2 Å². The molecule has 0 spiro atoms. The Bertz CT molecular complexity index is 413. The summed E-state index contributed by atoms with van der Waals surface area (Å²) in [5.41, 5.74) is 0.693. The van der Waals surface area contributed by atoms with Crippen molar-refractivity contribution in [3.8, 4) is 0 Å². The molecule has 0 aromatic carbocycles. The van der Waals surface area contributed by atoms with E-state index in [0.717, 1.165) is 5.69 Å². The molecule has 1 aromatic rings. The molecule has 0 aliphatic heterocycles. The third-order valence-corrected chi connectivity index (χ3v) is 3.69. The van der Waals surface area contributed by atoms with Crippen LogP contribution >= 0.6 is 0 Å². The molecule has 0 amide bonds. The number of nitrogens with one attached hydrogen (secondary N) is 2. The number of aromatic nitrogens is 2. The first-order valence-corrected chi connectivity index (χ1v) is 6.48. The van der Waals surface area contributed by atoms with Gasteiger partial charge in [0.15, 0.2) is 0 Å². The summed E-state index contributed by atoms with van der Waals surface area (Å²) in [6.07, 6.45) is 6.77. The van der Waals surface area contributed by atoms with Crippen LogP contribution in [0.1, 0.15) is 39.5 Å². The van der Waals surface area contributed by atoms with Crippen LogP contribution in [-0.2, 0) is 0 Å². The second-order valence-corrected chi connectivity index (χ2v) is 5.28. The minimum absolute atomic E-state index is 0.146. The lowest BCUT2D eigenvalue weighted by Crippen LogP contribution is -2.35. The highest BCUT2D eigenvalue weighted by atomic mass is 16.1. The highest BCUT2D eigenvalue weighted by Gasteiger charge is 2.27. The van der Waals surface area contributed by atoms with Gasteiger partial charge in [0.05, 0.1) is 11.9 Å². The highest BCUT2D eigenvalue weighted by Crippen LogP contribution is 2.31. The number of hydrogen-bond donors (Lipinski definition) is 2. The molecule has 4 nitrogen and oxygen atoms in total. The van der Waals surface area contributed by atoms with Gasteiger partial charge >= 0.3 is 0 Å². The van der Waals surface area contributed by atoms with Gasteiger partial charge in [0.2, 0.25) is 0 Å². The Labute approximate surface area is 102 Å². The number of anilines is 1. The van der Waals surface area contributed by atoms with Gasteiger partial charge in [0.1, 0.15) is 0 Å². The molecule has 17 heavy (non-hydrogen) atoms. The van der Waals surface area contributed by atoms with Crippen molar-refractivity contribution in [3.63, 3.8) is 0 Å². The van der Waals surface area contributed by atoms with E-state index in [9.17, 15) is 4.79 Å². The average Bonchev–Trinajstić information content (AvgIpc) is 2.29. The number of rotatable bonds is 3. The summed E-state index contributed by atoms with van der Waals surface area (Å²) < 4.78 is 0. The van der Waals surface area contributed by atoms with Crippen LogP contribution in [0, 0.1) is 11.8 Å². The highest BCUT2D eigenvalue weighted by molar-refractivity contribution is 5.40. The predicted octanol–water partition coefficient (Wildman–Crippen LogP) is 2.40. The van der Waals surface area contributed by atoms with Crippen molar-refractivity contribution in [2.75, 3.05) is 5.32 Å². The van der Waals surface area contributed by atoms with E-state index >= 15 is 0 Å². The summed E-state index contributed by atoms with van der Waals surface area (Å²) in [7, 11) is 0.